The third kappa shape index (κ3) is 3.68. The highest BCUT2D eigenvalue weighted by Crippen LogP contribution is 2.42. The molecule has 0 unspecified atom stereocenters. The molecule has 160 valence electrons. The van der Waals surface area contributed by atoms with Gasteiger partial charge in [0, 0.05) is 32.6 Å². The monoisotopic (exact) mass is 472 g/mol. The minimum atomic E-state index is -1.05. The zero-order valence-electron chi connectivity index (χ0n) is 16.9. The van der Waals surface area contributed by atoms with E-state index >= 15 is 0 Å². The smallest absolute Gasteiger partial charge is 0.335 e. The van der Waals surface area contributed by atoms with Crippen molar-refractivity contribution in [2.75, 3.05) is 0 Å². The van der Waals surface area contributed by atoms with Gasteiger partial charge in [0.15, 0.2) is 0 Å². The number of carbonyl (C=O) groups is 1. The molecule has 5 rings (SSSR count). The van der Waals surface area contributed by atoms with Crippen LogP contribution < -0.4 is 0 Å². The van der Waals surface area contributed by atoms with Crippen LogP contribution in [-0.2, 0) is 0 Å². The van der Waals surface area contributed by atoms with Crippen LogP contribution in [0.3, 0.4) is 0 Å². The van der Waals surface area contributed by atoms with Crippen LogP contribution in [0.1, 0.15) is 15.2 Å². The molecule has 5 aromatic rings. The van der Waals surface area contributed by atoms with Crippen molar-refractivity contribution >= 4 is 39.8 Å². The van der Waals surface area contributed by atoms with Crippen molar-refractivity contribution in [2.24, 2.45) is 0 Å². The van der Waals surface area contributed by atoms with E-state index in [0.717, 1.165) is 33.5 Å². The van der Waals surface area contributed by atoms with E-state index in [2.05, 4.69) is 11.1 Å². The Morgan fingerprint density at radius 2 is 1.85 bits per heavy atom. The number of aromatic nitrogens is 1. The lowest BCUT2D eigenvalue weighted by Crippen LogP contribution is -1.96. The summed E-state index contributed by atoms with van der Waals surface area (Å²) in [6.45, 7) is 0. The first-order chi connectivity index (χ1) is 16.0. The standard InChI is InChI=1S/C26H14ClFN2O2S/c27-21-11-16(26(31)32)4-6-18(21)14-2-1-3-15(10-14)25-24(19-8-9-33-23(19)13-29)20-12-17(28)5-7-22(20)30-25/h1-12,30H,(H,31,32). The summed E-state index contributed by atoms with van der Waals surface area (Å²) >= 11 is 7.73. The van der Waals surface area contributed by atoms with Gasteiger partial charge in [0.05, 0.1) is 11.3 Å². The maximum absolute atomic E-state index is 14.1. The molecule has 0 atom stereocenters. The van der Waals surface area contributed by atoms with Gasteiger partial charge in [-0.15, -0.1) is 11.3 Å². The molecular weight excluding hydrogens is 459 g/mol. The first-order valence-corrected chi connectivity index (χ1v) is 11.1. The minimum absolute atomic E-state index is 0.112. The number of aromatic amines is 1. The summed E-state index contributed by atoms with van der Waals surface area (Å²) in [4.78, 5) is 15.2. The minimum Gasteiger partial charge on any atom is -0.478 e. The van der Waals surface area contributed by atoms with Gasteiger partial charge in [-0.25, -0.2) is 9.18 Å². The van der Waals surface area contributed by atoms with Crippen LogP contribution in [-0.4, -0.2) is 16.1 Å². The van der Waals surface area contributed by atoms with E-state index < -0.39 is 5.97 Å². The average Bonchev–Trinajstić information content (AvgIpc) is 3.42. The van der Waals surface area contributed by atoms with Crippen molar-refractivity contribution in [3.63, 3.8) is 0 Å². The maximum atomic E-state index is 14.1. The second kappa shape index (κ2) is 8.21. The number of aromatic carboxylic acids is 1. The molecule has 2 N–H and O–H groups in total. The third-order valence-electron chi connectivity index (χ3n) is 5.48. The fraction of sp³-hybridized carbons (Fsp3) is 0. The number of nitriles is 1. The van der Waals surface area contributed by atoms with Crippen molar-refractivity contribution in [3.8, 4) is 39.6 Å². The molecule has 2 heterocycles. The first-order valence-electron chi connectivity index (χ1n) is 9.89. The molecule has 7 heteroatoms. The highest BCUT2D eigenvalue weighted by atomic mass is 35.5. The number of fused-ring (bicyclic) bond motifs is 1. The van der Waals surface area contributed by atoms with Crippen LogP contribution in [0.25, 0.3) is 44.4 Å². The van der Waals surface area contributed by atoms with Gasteiger partial charge < -0.3 is 10.1 Å². The van der Waals surface area contributed by atoms with E-state index in [9.17, 15) is 19.6 Å². The number of thiophene rings is 1. The number of nitrogens with one attached hydrogen (secondary N) is 1. The second-order valence-electron chi connectivity index (χ2n) is 7.42. The van der Waals surface area contributed by atoms with Crippen molar-refractivity contribution in [3.05, 3.63) is 93.4 Å². The molecule has 0 spiro atoms. The Bertz CT molecular complexity index is 1600. The Kier molecular flexibility index (Phi) is 5.21. The number of hydrogen-bond donors (Lipinski definition) is 2. The lowest BCUT2D eigenvalue weighted by molar-refractivity contribution is 0.0697. The van der Waals surface area contributed by atoms with E-state index in [-0.39, 0.29) is 11.4 Å². The summed E-state index contributed by atoms with van der Waals surface area (Å²) in [5, 5.41) is 21.7. The molecule has 4 nitrogen and oxygen atoms in total. The number of hydrogen-bond acceptors (Lipinski definition) is 3. The number of nitrogens with zero attached hydrogens (tertiary/aromatic N) is 1. The SMILES string of the molecule is N#Cc1sccc1-c1c(-c2cccc(-c3ccc(C(=O)O)cc3Cl)c2)[nH]c2ccc(F)cc12. The lowest BCUT2D eigenvalue weighted by Gasteiger charge is -2.09. The van der Waals surface area contributed by atoms with Gasteiger partial charge >= 0.3 is 5.97 Å². The molecule has 33 heavy (non-hydrogen) atoms. The summed E-state index contributed by atoms with van der Waals surface area (Å²) in [7, 11) is 0. The van der Waals surface area contributed by atoms with Gasteiger partial charge in [-0.2, -0.15) is 5.26 Å². The Morgan fingerprint density at radius 3 is 2.61 bits per heavy atom. The van der Waals surface area contributed by atoms with E-state index in [0.29, 0.717) is 20.8 Å². The molecule has 0 aliphatic heterocycles. The number of carboxylic acids is 1. The Labute approximate surface area is 197 Å². The maximum Gasteiger partial charge on any atom is 0.335 e. The summed E-state index contributed by atoms with van der Waals surface area (Å²) in [5.74, 6) is -1.40. The largest absolute Gasteiger partial charge is 0.478 e. The fourth-order valence-electron chi connectivity index (χ4n) is 3.98. The molecular formula is C26H14ClFN2O2S. The van der Waals surface area contributed by atoms with Crippen molar-refractivity contribution in [1.29, 1.82) is 5.26 Å². The van der Waals surface area contributed by atoms with Gasteiger partial charge in [-0.05, 0) is 59.0 Å². The summed E-state index contributed by atoms with van der Waals surface area (Å²) in [6.07, 6.45) is 0. The predicted octanol–water partition coefficient (Wildman–Crippen LogP) is 7.59. The van der Waals surface area contributed by atoms with E-state index in [4.69, 9.17) is 11.6 Å². The number of H-pyrrole nitrogens is 1. The Morgan fingerprint density at radius 1 is 1.03 bits per heavy atom. The first kappa shape index (κ1) is 21.0. The van der Waals surface area contributed by atoms with Crippen molar-refractivity contribution < 1.29 is 14.3 Å². The number of halogens is 2. The molecule has 0 aliphatic rings. The zero-order valence-corrected chi connectivity index (χ0v) is 18.5. The van der Waals surface area contributed by atoms with Crippen LogP contribution in [0.5, 0.6) is 0 Å². The number of rotatable bonds is 4. The molecule has 0 saturated carbocycles. The zero-order chi connectivity index (χ0) is 23.1. The molecule has 0 bridgehead atoms. The van der Waals surface area contributed by atoms with Crippen LogP contribution >= 0.6 is 22.9 Å². The molecule has 0 fully saturated rings. The van der Waals surface area contributed by atoms with Crippen molar-refractivity contribution in [1.82, 2.24) is 4.98 Å². The summed E-state index contributed by atoms with van der Waals surface area (Å²) < 4.78 is 14.1. The highest BCUT2D eigenvalue weighted by molar-refractivity contribution is 7.11. The molecule has 2 aromatic heterocycles. The third-order valence-corrected chi connectivity index (χ3v) is 6.61. The Balaban J connectivity index is 1.72. The van der Waals surface area contributed by atoms with Crippen LogP contribution in [0.4, 0.5) is 4.39 Å². The predicted molar refractivity (Wildman–Crippen MR) is 129 cm³/mol. The fourth-order valence-corrected chi connectivity index (χ4v) is 4.96. The summed E-state index contributed by atoms with van der Waals surface area (Å²) in [6, 6.07) is 20.9. The van der Waals surface area contributed by atoms with Crippen LogP contribution in [0.15, 0.2) is 72.1 Å². The van der Waals surface area contributed by atoms with Gasteiger partial charge in [0.1, 0.15) is 16.8 Å². The quantitative estimate of drug-likeness (QED) is 0.283. The topological polar surface area (TPSA) is 76.9 Å². The normalized spacial score (nSPS) is 10.9. The molecule has 0 amide bonds. The molecule has 0 radical (unpaired) electrons. The molecule has 0 saturated heterocycles. The van der Waals surface area contributed by atoms with Gasteiger partial charge in [0.2, 0.25) is 0 Å². The number of benzene rings is 3. The van der Waals surface area contributed by atoms with Gasteiger partial charge in [-0.3, -0.25) is 0 Å². The summed E-state index contributed by atoms with van der Waals surface area (Å²) in [5.41, 5.74) is 5.44. The van der Waals surface area contributed by atoms with Gasteiger partial charge in [0.25, 0.3) is 0 Å². The molecule has 0 aliphatic carbocycles. The number of carboxylic acid groups (broad SMARTS) is 1. The highest BCUT2D eigenvalue weighted by Gasteiger charge is 2.20. The van der Waals surface area contributed by atoms with Crippen LogP contribution in [0.2, 0.25) is 5.02 Å². The van der Waals surface area contributed by atoms with E-state index in [1.807, 2.05) is 35.7 Å². The molecule has 3 aromatic carbocycles. The average molecular weight is 473 g/mol. The van der Waals surface area contributed by atoms with Crippen molar-refractivity contribution in [2.45, 2.75) is 0 Å². The lowest BCUT2D eigenvalue weighted by atomic mass is 9.96. The van der Waals surface area contributed by atoms with Gasteiger partial charge in [-0.1, -0.05) is 35.9 Å². The van der Waals surface area contributed by atoms with E-state index in [1.54, 1.807) is 12.1 Å². The second-order valence-corrected chi connectivity index (χ2v) is 8.74. The van der Waals surface area contributed by atoms with E-state index in [1.165, 1.54) is 35.6 Å². The Hall–Kier alpha value is -3.92. The van der Waals surface area contributed by atoms with Crippen LogP contribution in [0, 0.1) is 17.1 Å².